The fourth-order valence-corrected chi connectivity index (χ4v) is 5.36. The van der Waals surface area contributed by atoms with Crippen LogP contribution in [0.5, 0.6) is 0 Å². The topological polar surface area (TPSA) is 41.6 Å². The van der Waals surface area contributed by atoms with Crippen LogP contribution in [-0.2, 0) is 17.8 Å². The third kappa shape index (κ3) is 8.64. The Balaban J connectivity index is 1.61. The third-order valence-electron chi connectivity index (χ3n) is 6.15. The number of hydrogen-bond acceptors (Lipinski definition) is 4. The van der Waals surface area contributed by atoms with E-state index in [4.69, 9.17) is 4.74 Å². The van der Waals surface area contributed by atoms with E-state index in [2.05, 4.69) is 109 Å². The van der Waals surface area contributed by atoms with Crippen molar-refractivity contribution in [3.05, 3.63) is 132 Å². The molecular formula is C33H37N2O2S. The fraction of sp³-hybridized carbons (Fsp3) is 0.273. The summed E-state index contributed by atoms with van der Waals surface area (Å²) >= 11 is 1.76. The van der Waals surface area contributed by atoms with Gasteiger partial charge in [-0.1, -0.05) is 78.4 Å². The summed E-state index contributed by atoms with van der Waals surface area (Å²) < 4.78 is 5.59. The molecule has 1 atom stereocenters. The SMILES string of the molecule is Cc1ccc(S[C]2[CH][CH][CH][C]2[C@@H](CNC(=O)OC(C)(C)C)N(Cc2ccccc2)Cc2ccccc2)cc1. The number of ether oxygens (including phenoxy) is 1. The number of hydrogen-bond donors (Lipinski definition) is 1. The summed E-state index contributed by atoms with van der Waals surface area (Å²) in [5.74, 6) is 1.19. The zero-order chi connectivity index (χ0) is 27.0. The fourth-order valence-electron chi connectivity index (χ4n) is 4.36. The van der Waals surface area contributed by atoms with Crippen molar-refractivity contribution in [2.75, 3.05) is 6.54 Å². The minimum atomic E-state index is -0.555. The van der Waals surface area contributed by atoms with Gasteiger partial charge >= 0.3 is 6.09 Å². The van der Waals surface area contributed by atoms with Crippen LogP contribution < -0.4 is 5.32 Å². The van der Waals surface area contributed by atoms with Crippen LogP contribution in [0, 0.1) is 37.4 Å². The Morgan fingerprint density at radius 1 is 0.868 bits per heavy atom. The minimum absolute atomic E-state index is 0.0640. The van der Waals surface area contributed by atoms with E-state index in [1.807, 2.05) is 32.9 Å². The first-order chi connectivity index (χ1) is 18.3. The van der Waals surface area contributed by atoms with Gasteiger partial charge in [-0.25, -0.2) is 4.79 Å². The van der Waals surface area contributed by atoms with Crippen molar-refractivity contribution in [3.8, 4) is 0 Å². The predicted molar refractivity (Wildman–Crippen MR) is 157 cm³/mol. The number of carbonyl (C=O) groups excluding carboxylic acids is 1. The largest absolute Gasteiger partial charge is 0.444 e. The smallest absolute Gasteiger partial charge is 0.407 e. The lowest BCUT2D eigenvalue weighted by Gasteiger charge is -2.38. The molecule has 0 unspecified atom stereocenters. The van der Waals surface area contributed by atoms with Gasteiger partial charge in [-0.2, -0.15) is 0 Å². The highest BCUT2D eigenvalue weighted by atomic mass is 32.2. The average Bonchev–Trinajstić information content (AvgIpc) is 3.33. The Kier molecular flexibility index (Phi) is 9.92. The first-order valence-electron chi connectivity index (χ1n) is 13.1. The maximum Gasteiger partial charge on any atom is 0.407 e. The van der Waals surface area contributed by atoms with E-state index in [1.54, 1.807) is 11.8 Å². The van der Waals surface area contributed by atoms with Crippen molar-refractivity contribution >= 4 is 17.9 Å². The molecule has 0 bridgehead atoms. The summed E-state index contributed by atoms with van der Waals surface area (Å²) in [6, 6.07) is 29.6. The summed E-state index contributed by atoms with van der Waals surface area (Å²) in [7, 11) is 0. The van der Waals surface area contributed by atoms with Crippen LogP contribution in [0.15, 0.2) is 89.8 Å². The zero-order valence-corrected chi connectivity index (χ0v) is 23.5. The molecule has 4 nitrogen and oxygen atoms in total. The summed E-state index contributed by atoms with van der Waals surface area (Å²) in [4.78, 5) is 16.4. The first-order valence-corrected chi connectivity index (χ1v) is 13.9. The van der Waals surface area contributed by atoms with E-state index in [0.717, 1.165) is 13.1 Å². The lowest BCUT2D eigenvalue weighted by molar-refractivity contribution is 0.0507. The highest BCUT2D eigenvalue weighted by Crippen LogP contribution is 2.47. The number of rotatable bonds is 10. The lowest BCUT2D eigenvalue weighted by atomic mass is 9.94. The first kappa shape index (κ1) is 28.3. The quantitative estimate of drug-likeness (QED) is 0.299. The summed E-state index contributed by atoms with van der Waals surface area (Å²) in [5, 5.41) is 4.26. The van der Waals surface area contributed by atoms with Crippen LogP contribution in [-0.4, -0.2) is 29.2 Å². The number of aryl methyl sites for hydroxylation is 1. The maximum absolute atomic E-state index is 12.7. The van der Waals surface area contributed by atoms with Crippen LogP contribution in [0.1, 0.15) is 37.5 Å². The number of carbonyl (C=O) groups is 1. The molecule has 5 radical (unpaired) electrons. The number of benzene rings is 3. The molecule has 4 rings (SSSR count). The second-order valence-electron chi connectivity index (χ2n) is 10.5. The number of nitrogens with one attached hydrogen (secondary N) is 1. The van der Waals surface area contributed by atoms with Crippen molar-refractivity contribution in [3.63, 3.8) is 0 Å². The molecule has 1 fully saturated rings. The molecule has 0 aromatic heterocycles. The molecule has 3 aromatic carbocycles. The van der Waals surface area contributed by atoms with Crippen LogP contribution in [0.2, 0.25) is 0 Å². The Morgan fingerprint density at radius 3 is 2.00 bits per heavy atom. The molecule has 0 saturated heterocycles. The number of alkyl carbamates (subject to hydrolysis) is 1. The molecule has 5 heteroatoms. The molecule has 1 aliphatic rings. The van der Waals surface area contributed by atoms with E-state index >= 15 is 0 Å². The van der Waals surface area contributed by atoms with Gasteiger partial charge in [0, 0.05) is 41.7 Å². The van der Waals surface area contributed by atoms with Crippen LogP contribution >= 0.6 is 11.8 Å². The van der Waals surface area contributed by atoms with Crippen molar-refractivity contribution in [1.29, 1.82) is 0 Å². The Morgan fingerprint density at radius 2 is 1.45 bits per heavy atom. The maximum atomic E-state index is 12.7. The van der Waals surface area contributed by atoms with Crippen molar-refractivity contribution in [2.45, 2.75) is 57.3 Å². The van der Waals surface area contributed by atoms with E-state index in [0.29, 0.717) is 6.54 Å². The van der Waals surface area contributed by atoms with Gasteiger partial charge in [-0.3, -0.25) is 4.90 Å². The van der Waals surface area contributed by atoms with E-state index < -0.39 is 11.7 Å². The van der Waals surface area contributed by atoms with Crippen LogP contribution in [0.3, 0.4) is 0 Å². The number of thioether (sulfide) groups is 1. The number of nitrogens with zero attached hydrogens (tertiary/aromatic N) is 1. The lowest BCUT2D eigenvalue weighted by Crippen LogP contribution is -2.48. The van der Waals surface area contributed by atoms with Crippen molar-refractivity contribution in [1.82, 2.24) is 10.2 Å². The van der Waals surface area contributed by atoms with E-state index in [9.17, 15) is 4.79 Å². The average molecular weight is 526 g/mol. The predicted octanol–water partition coefficient (Wildman–Crippen LogP) is 7.42. The molecule has 1 saturated carbocycles. The van der Waals surface area contributed by atoms with Crippen LogP contribution in [0.4, 0.5) is 4.79 Å². The molecule has 1 N–H and O–H groups in total. The highest BCUT2D eigenvalue weighted by molar-refractivity contribution is 8.02. The second-order valence-corrected chi connectivity index (χ2v) is 11.7. The summed E-state index contributed by atoms with van der Waals surface area (Å²) in [6.07, 6.45) is 6.06. The Labute approximate surface area is 233 Å². The van der Waals surface area contributed by atoms with Crippen molar-refractivity contribution < 1.29 is 9.53 Å². The zero-order valence-electron chi connectivity index (χ0n) is 22.7. The molecule has 0 heterocycles. The standard InChI is InChI=1S/C33H37N2O2S/c1-25-18-20-28(21-19-25)38-31-17-11-16-29(31)30(22-34-32(36)37-33(2,3)4)35(23-26-12-7-5-8-13-26)24-27-14-9-6-10-15-27/h5-21,30H,22-24H2,1-4H3,(H,34,36)/t30-/m1/s1. The third-order valence-corrected chi connectivity index (χ3v) is 7.25. The molecule has 1 amide bonds. The summed E-state index contributed by atoms with van der Waals surface area (Å²) in [6.45, 7) is 9.68. The monoisotopic (exact) mass is 525 g/mol. The van der Waals surface area contributed by atoms with Gasteiger partial charge in [0.25, 0.3) is 0 Å². The van der Waals surface area contributed by atoms with Gasteiger partial charge in [0.2, 0.25) is 0 Å². The van der Waals surface area contributed by atoms with Gasteiger partial charge in [-0.15, -0.1) is 11.8 Å². The van der Waals surface area contributed by atoms with Gasteiger partial charge < -0.3 is 10.1 Å². The van der Waals surface area contributed by atoms with Gasteiger partial charge in [0.15, 0.2) is 0 Å². The molecule has 3 aromatic rings. The minimum Gasteiger partial charge on any atom is -0.444 e. The summed E-state index contributed by atoms with van der Waals surface area (Å²) in [5.41, 5.74) is 3.14. The molecular weight excluding hydrogens is 488 g/mol. The van der Waals surface area contributed by atoms with Gasteiger partial charge in [0.05, 0.1) is 0 Å². The molecule has 38 heavy (non-hydrogen) atoms. The Bertz CT molecular complexity index is 1090. The molecule has 197 valence electrons. The second kappa shape index (κ2) is 13.3. The van der Waals surface area contributed by atoms with Crippen LogP contribution in [0.25, 0.3) is 0 Å². The molecule has 1 aliphatic carbocycles. The molecule has 0 aliphatic heterocycles. The highest BCUT2D eigenvalue weighted by Gasteiger charge is 2.39. The van der Waals surface area contributed by atoms with E-state index in [-0.39, 0.29) is 6.04 Å². The molecule has 0 spiro atoms. The van der Waals surface area contributed by atoms with Gasteiger partial charge in [-0.05, 0) is 70.2 Å². The normalized spacial score (nSPS) is 15.5. The Hall–Kier alpha value is -2.76. The van der Waals surface area contributed by atoms with Crippen molar-refractivity contribution in [2.24, 2.45) is 0 Å². The van der Waals surface area contributed by atoms with Gasteiger partial charge in [0.1, 0.15) is 5.60 Å². The van der Waals surface area contributed by atoms with E-state index in [1.165, 1.54) is 32.8 Å². The number of amides is 1.